The number of hydrogen-bond donors (Lipinski definition) is 1. The van der Waals surface area contributed by atoms with Crippen LogP contribution in [0.1, 0.15) is 44.8 Å². The van der Waals surface area contributed by atoms with E-state index >= 15 is 0 Å². The first-order chi connectivity index (χ1) is 10.00. The first-order valence-corrected chi connectivity index (χ1v) is 7.91. The van der Waals surface area contributed by atoms with Gasteiger partial charge in [0.1, 0.15) is 5.82 Å². The van der Waals surface area contributed by atoms with Crippen LogP contribution < -0.4 is 0 Å². The van der Waals surface area contributed by atoms with Crippen LogP contribution in [0.3, 0.4) is 0 Å². The molecule has 0 aromatic carbocycles. The highest BCUT2D eigenvalue weighted by Gasteiger charge is 2.48. The summed E-state index contributed by atoms with van der Waals surface area (Å²) in [5, 5.41) is 7.08. The average Bonchev–Trinajstić information content (AvgIpc) is 3.01. The highest BCUT2D eigenvalue weighted by molar-refractivity contribution is 5.84. The molecule has 0 saturated carbocycles. The molecule has 1 aromatic heterocycles. The molecular weight excluding hydrogens is 266 g/mol. The largest absolute Gasteiger partial charge is 0.340 e. The molecule has 1 N–H and O–H groups in total. The van der Waals surface area contributed by atoms with Crippen molar-refractivity contribution in [3.05, 3.63) is 11.6 Å². The number of nitrogens with zero attached hydrogens (tertiary/aromatic N) is 4. The van der Waals surface area contributed by atoms with Gasteiger partial charge in [-0.2, -0.15) is 5.10 Å². The lowest BCUT2D eigenvalue weighted by Crippen LogP contribution is -2.52. The Balaban J connectivity index is 1.68. The molecule has 1 spiro atoms. The molecule has 2 aliphatic heterocycles. The van der Waals surface area contributed by atoms with Crippen LogP contribution in [0, 0.1) is 12.3 Å². The minimum absolute atomic E-state index is 0.159. The van der Waals surface area contributed by atoms with Gasteiger partial charge in [-0.25, -0.2) is 4.98 Å². The fourth-order valence-corrected chi connectivity index (χ4v) is 3.73. The van der Waals surface area contributed by atoms with Gasteiger partial charge in [0.2, 0.25) is 5.91 Å². The lowest BCUT2D eigenvalue weighted by atomic mass is 9.78. The van der Waals surface area contributed by atoms with Gasteiger partial charge in [-0.15, -0.1) is 0 Å². The molecule has 6 heteroatoms. The molecule has 3 rings (SSSR count). The van der Waals surface area contributed by atoms with Crippen LogP contribution in [0.2, 0.25) is 0 Å². The topological polar surface area (TPSA) is 65.1 Å². The van der Waals surface area contributed by atoms with Gasteiger partial charge >= 0.3 is 0 Å². The van der Waals surface area contributed by atoms with Crippen molar-refractivity contribution in [2.75, 3.05) is 19.6 Å². The number of H-pyrrole nitrogens is 1. The molecule has 6 nitrogen and oxygen atoms in total. The monoisotopic (exact) mass is 291 g/mol. The molecule has 1 amide bonds. The summed E-state index contributed by atoms with van der Waals surface area (Å²) in [5.41, 5.74) is -0.159. The van der Waals surface area contributed by atoms with Gasteiger partial charge < -0.3 is 4.90 Å². The molecule has 0 aliphatic carbocycles. The Morgan fingerprint density at radius 3 is 2.81 bits per heavy atom. The maximum absolute atomic E-state index is 12.9. The van der Waals surface area contributed by atoms with Crippen molar-refractivity contribution in [2.45, 2.75) is 52.6 Å². The van der Waals surface area contributed by atoms with Crippen LogP contribution in [-0.2, 0) is 11.3 Å². The standard InChI is InChI=1S/C15H25N5O/c1-11(2)20-7-4-5-15(14(20)21)6-8-19(10-15)9-13-16-12(3)17-18-13/h11H,4-10H2,1-3H3,(H,16,17,18)/t15-/m0/s1. The molecule has 0 unspecified atom stereocenters. The molecule has 1 atom stereocenters. The Morgan fingerprint density at radius 1 is 1.33 bits per heavy atom. The summed E-state index contributed by atoms with van der Waals surface area (Å²) in [6.45, 7) is 9.60. The Morgan fingerprint density at radius 2 is 2.14 bits per heavy atom. The highest BCUT2D eigenvalue weighted by atomic mass is 16.2. The molecule has 2 fully saturated rings. The van der Waals surface area contributed by atoms with E-state index in [-0.39, 0.29) is 5.41 Å². The van der Waals surface area contributed by atoms with Gasteiger partial charge in [0.15, 0.2) is 5.82 Å². The second kappa shape index (κ2) is 5.40. The van der Waals surface area contributed by atoms with Gasteiger partial charge in [0, 0.05) is 19.1 Å². The van der Waals surface area contributed by atoms with Crippen molar-refractivity contribution < 1.29 is 4.79 Å². The molecular formula is C15H25N5O. The number of likely N-dealkylation sites (tertiary alicyclic amines) is 2. The second-order valence-electron chi connectivity index (χ2n) is 6.77. The SMILES string of the molecule is Cc1nc(CN2CC[C@@]3(CCCN(C(C)C)C3=O)C2)n[nH]1. The van der Waals surface area contributed by atoms with Gasteiger partial charge in [-0.05, 0) is 46.6 Å². The number of piperidine rings is 1. The Bertz CT molecular complexity index is 526. The van der Waals surface area contributed by atoms with E-state index in [9.17, 15) is 4.79 Å². The summed E-state index contributed by atoms with van der Waals surface area (Å²) >= 11 is 0. The zero-order valence-electron chi connectivity index (χ0n) is 13.2. The zero-order chi connectivity index (χ0) is 15.0. The van der Waals surface area contributed by atoms with E-state index in [0.29, 0.717) is 11.9 Å². The van der Waals surface area contributed by atoms with Gasteiger partial charge in [0.05, 0.1) is 12.0 Å². The second-order valence-corrected chi connectivity index (χ2v) is 6.77. The lowest BCUT2D eigenvalue weighted by molar-refractivity contribution is -0.147. The van der Waals surface area contributed by atoms with Crippen molar-refractivity contribution >= 4 is 5.91 Å². The van der Waals surface area contributed by atoms with E-state index in [1.165, 1.54) is 0 Å². The Labute approximate surface area is 125 Å². The molecule has 3 heterocycles. The summed E-state index contributed by atoms with van der Waals surface area (Å²) in [6, 6.07) is 0.305. The fraction of sp³-hybridized carbons (Fsp3) is 0.800. The molecule has 0 radical (unpaired) electrons. The van der Waals surface area contributed by atoms with E-state index in [4.69, 9.17) is 0 Å². The average molecular weight is 291 g/mol. The number of aromatic nitrogens is 3. The predicted molar refractivity (Wildman–Crippen MR) is 79.5 cm³/mol. The van der Waals surface area contributed by atoms with E-state index < -0.39 is 0 Å². The number of aryl methyl sites for hydroxylation is 1. The van der Waals surface area contributed by atoms with Crippen LogP contribution in [0.5, 0.6) is 0 Å². The van der Waals surface area contributed by atoms with E-state index in [2.05, 4.69) is 38.8 Å². The minimum atomic E-state index is -0.159. The third-order valence-electron chi connectivity index (χ3n) is 4.83. The summed E-state index contributed by atoms with van der Waals surface area (Å²) in [5.74, 6) is 2.03. The summed E-state index contributed by atoms with van der Waals surface area (Å²) < 4.78 is 0. The maximum Gasteiger partial charge on any atom is 0.230 e. The molecule has 1 aromatic rings. The Kier molecular flexibility index (Phi) is 3.73. The number of carbonyl (C=O) groups excluding carboxylic acids is 1. The zero-order valence-corrected chi connectivity index (χ0v) is 13.2. The molecule has 2 aliphatic rings. The fourth-order valence-electron chi connectivity index (χ4n) is 3.73. The van der Waals surface area contributed by atoms with Gasteiger partial charge in [0.25, 0.3) is 0 Å². The third-order valence-corrected chi connectivity index (χ3v) is 4.83. The van der Waals surface area contributed by atoms with E-state index in [1.54, 1.807) is 0 Å². The van der Waals surface area contributed by atoms with Gasteiger partial charge in [-0.1, -0.05) is 0 Å². The number of aromatic amines is 1. The van der Waals surface area contributed by atoms with Crippen molar-refractivity contribution in [2.24, 2.45) is 5.41 Å². The number of nitrogens with one attached hydrogen (secondary N) is 1. The summed E-state index contributed by atoms with van der Waals surface area (Å²) in [4.78, 5) is 21.6. The van der Waals surface area contributed by atoms with Crippen molar-refractivity contribution in [1.29, 1.82) is 0 Å². The minimum Gasteiger partial charge on any atom is -0.340 e. The highest BCUT2D eigenvalue weighted by Crippen LogP contribution is 2.40. The summed E-state index contributed by atoms with van der Waals surface area (Å²) in [6.07, 6.45) is 3.12. The number of hydrogen-bond acceptors (Lipinski definition) is 4. The molecule has 116 valence electrons. The molecule has 2 saturated heterocycles. The van der Waals surface area contributed by atoms with Crippen LogP contribution in [-0.4, -0.2) is 56.6 Å². The van der Waals surface area contributed by atoms with Crippen molar-refractivity contribution in [1.82, 2.24) is 25.0 Å². The number of amides is 1. The maximum atomic E-state index is 12.9. The predicted octanol–water partition coefficient (Wildman–Crippen LogP) is 1.34. The first-order valence-electron chi connectivity index (χ1n) is 7.91. The van der Waals surface area contributed by atoms with Gasteiger partial charge in [-0.3, -0.25) is 14.8 Å². The number of rotatable bonds is 3. The smallest absolute Gasteiger partial charge is 0.230 e. The van der Waals surface area contributed by atoms with Crippen molar-refractivity contribution in [3.63, 3.8) is 0 Å². The normalized spacial score (nSPS) is 27.2. The molecule has 0 bridgehead atoms. The third kappa shape index (κ3) is 2.69. The van der Waals surface area contributed by atoms with E-state index in [0.717, 1.165) is 57.1 Å². The van der Waals surface area contributed by atoms with Crippen LogP contribution in [0.4, 0.5) is 0 Å². The number of carbonyl (C=O) groups is 1. The quantitative estimate of drug-likeness (QED) is 0.912. The first kappa shape index (κ1) is 14.5. The molecule has 21 heavy (non-hydrogen) atoms. The Hall–Kier alpha value is -1.43. The lowest BCUT2D eigenvalue weighted by Gasteiger charge is -2.41. The van der Waals surface area contributed by atoms with Crippen molar-refractivity contribution in [3.8, 4) is 0 Å². The van der Waals surface area contributed by atoms with E-state index in [1.807, 2.05) is 6.92 Å². The van der Waals surface area contributed by atoms with Crippen LogP contribution in [0.25, 0.3) is 0 Å². The van der Waals surface area contributed by atoms with Crippen LogP contribution >= 0.6 is 0 Å². The summed E-state index contributed by atoms with van der Waals surface area (Å²) in [7, 11) is 0. The van der Waals surface area contributed by atoms with Crippen LogP contribution in [0.15, 0.2) is 0 Å².